The molecule has 1 aromatic rings. The van der Waals surface area contributed by atoms with Crippen molar-refractivity contribution in [3.63, 3.8) is 0 Å². The molecule has 0 amide bonds. The van der Waals surface area contributed by atoms with Crippen molar-refractivity contribution in [2.24, 2.45) is 4.99 Å². The van der Waals surface area contributed by atoms with E-state index in [4.69, 9.17) is 4.74 Å². The van der Waals surface area contributed by atoms with Crippen LogP contribution in [0.15, 0.2) is 23.2 Å². The second kappa shape index (κ2) is 10.2. The molecule has 0 atom stereocenters. The summed E-state index contributed by atoms with van der Waals surface area (Å²) in [5.74, 6) is 1.72. The maximum absolute atomic E-state index is 5.45. The monoisotopic (exact) mass is 334 g/mol. The molecule has 0 fully saturated rings. The predicted molar refractivity (Wildman–Crippen MR) is 103 cm³/mol. The number of rotatable bonds is 8. The van der Waals surface area contributed by atoms with Gasteiger partial charge in [0.15, 0.2) is 5.96 Å². The highest BCUT2D eigenvalue weighted by Crippen LogP contribution is 2.19. The molecule has 0 aliphatic rings. The van der Waals surface area contributed by atoms with Crippen LogP contribution in [0.4, 0.5) is 0 Å². The van der Waals surface area contributed by atoms with Gasteiger partial charge in [0.1, 0.15) is 5.75 Å². The minimum absolute atomic E-state index is 0.540. The third-order valence-corrected chi connectivity index (χ3v) is 4.10. The van der Waals surface area contributed by atoms with E-state index in [0.29, 0.717) is 18.6 Å². The molecule has 0 heterocycles. The number of hydrogen-bond acceptors (Lipinski definition) is 3. The summed E-state index contributed by atoms with van der Waals surface area (Å²) in [6.45, 7) is 13.5. The van der Waals surface area contributed by atoms with Crippen LogP contribution in [0.2, 0.25) is 0 Å². The van der Waals surface area contributed by atoms with Gasteiger partial charge in [0, 0.05) is 44.3 Å². The molecule has 0 spiro atoms. The van der Waals surface area contributed by atoms with Crippen molar-refractivity contribution in [2.45, 2.75) is 53.2 Å². The molecule has 0 aliphatic heterocycles. The minimum Gasteiger partial charge on any atom is -0.496 e. The zero-order valence-corrected chi connectivity index (χ0v) is 16.3. The molecule has 0 saturated carbocycles. The van der Waals surface area contributed by atoms with Crippen LogP contribution >= 0.6 is 0 Å². The molecule has 5 heteroatoms. The molecule has 0 saturated heterocycles. The molecule has 0 aliphatic carbocycles. The summed E-state index contributed by atoms with van der Waals surface area (Å²) in [5.41, 5.74) is 2.32. The second-order valence-electron chi connectivity index (χ2n) is 6.59. The van der Waals surface area contributed by atoms with Gasteiger partial charge in [-0.25, -0.2) is 0 Å². The largest absolute Gasteiger partial charge is 0.496 e. The highest BCUT2D eigenvalue weighted by Gasteiger charge is 2.12. The van der Waals surface area contributed by atoms with Crippen molar-refractivity contribution in [1.29, 1.82) is 0 Å². The van der Waals surface area contributed by atoms with E-state index in [-0.39, 0.29) is 0 Å². The maximum atomic E-state index is 5.45. The van der Waals surface area contributed by atoms with Gasteiger partial charge in [0.2, 0.25) is 0 Å². The van der Waals surface area contributed by atoms with Crippen molar-refractivity contribution in [1.82, 2.24) is 15.5 Å². The Bertz CT molecular complexity index is 518. The van der Waals surface area contributed by atoms with E-state index in [0.717, 1.165) is 30.4 Å². The van der Waals surface area contributed by atoms with Crippen molar-refractivity contribution >= 4 is 5.96 Å². The third-order valence-electron chi connectivity index (χ3n) is 4.10. The van der Waals surface area contributed by atoms with E-state index in [2.05, 4.69) is 73.3 Å². The second-order valence-corrected chi connectivity index (χ2v) is 6.59. The quantitative estimate of drug-likeness (QED) is 0.567. The first kappa shape index (κ1) is 20.3. The summed E-state index contributed by atoms with van der Waals surface area (Å²) in [7, 11) is 3.50. The van der Waals surface area contributed by atoms with Gasteiger partial charge in [-0.3, -0.25) is 9.89 Å². The average Bonchev–Trinajstić information content (AvgIpc) is 2.54. The maximum Gasteiger partial charge on any atom is 0.191 e. The van der Waals surface area contributed by atoms with Gasteiger partial charge in [-0.1, -0.05) is 12.1 Å². The van der Waals surface area contributed by atoms with Crippen LogP contribution in [0.5, 0.6) is 5.75 Å². The first-order valence-corrected chi connectivity index (χ1v) is 8.72. The number of nitrogens with one attached hydrogen (secondary N) is 2. The molecular formula is C19H34N4O. The van der Waals surface area contributed by atoms with Gasteiger partial charge >= 0.3 is 0 Å². The van der Waals surface area contributed by atoms with Gasteiger partial charge in [-0.05, 0) is 46.2 Å². The van der Waals surface area contributed by atoms with Crippen LogP contribution in [0.1, 0.15) is 38.8 Å². The topological polar surface area (TPSA) is 48.9 Å². The number of aliphatic imine (C=N–C) groups is 1. The fraction of sp³-hybridized carbons (Fsp3) is 0.632. The van der Waals surface area contributed by atoms with E-state index >= 15 is 0 Å². The van der Waals surface area contributed by atoms with E-state index in [1.54, 1.807) is 14.2 Å². The molecule has 0 bridgehead atoms. The normalized spacial score (nSPS) is 12.2. The molecule has 5 nitrogen and oxygen atoms in total. The Morgan fingerprint density at radius 2 is 1.83 bits per heavy atom. The summed E-state index contributed by atoms with van der Waals surface area (Å²) in [5, 5.41) is 6.74. The fourth-order valence-corrected chi connectivity index (χ4v) is 2.81. The van der Waals surface area contributed by atoms with Crippen LogP contribution in [0.25, 0.3) is 0 Å². The Balaban J connectivity index is 2.51. The number of aryl methyl sites for hydroxylation is 1. The predicted octanol–water partition coefficient (Wildman–Crippen LogP) is 2.79. The Morgan fingerprint density at radius 3 is 2.38 bits per heavy atom. The first-order chi connectivity index (χ1) is 11.4. The molecule has 2 N–H and O–H groups in total. The highest BCUT2D eigenvalue weighted by molar-refractivity contribution is 5.79. The zero-order chi connectivity index (χ0) is 18.1. The van der Waals surface area contributed by atoms with E-state index < -0.39 is 0 Å². The van der Waals surface area contributed by atoms with Crippen molar-refractivity contribution < 1.29 is 4.74 Å². The summed E-state index contributed by atoms with van der Waals surface area (Å²) >= 11 is 0. The summed E-state index contributed by atoms with van der Waals surface area (Å²) in [6, 6.07) is 7.32. The van der Waals surface area contributed by atoms with Crippen molar-refractivity contribution in [3.05, 3.63) is 29.3 Å². The van der Waals surface area contributed by atoms with Gasteiger partial charge in [-0.2, -0.15) is 0 Å². The lowest BCUT2D eigenvalue weighted by Gasteiger charge is -2.30. The molecule has 0 radical (unpaired) electrons. The van der Waals surface area contributed by atoms with Crippen LogP contribution in [-0.4, -0.2) is 50.2 Å². The molecule has 136 valence electrons. The summed E-state index contributed by atoms with van der Waals surface area (Å²) in [6.07, 6.45) is 0. The lowest BCUT2D eigenvalue weighted by Crippen LogP contribution is -2.45. The van der Waals surface area contributed by atoms with Gasteiger partial charge in [0.25, 0.3) is 0 Å². The van der Waals surface area contributed by atoms with Gasteiger partial charge < -0.3 is 15.4 Å². The highest BCUT2D eigenvalue weighted by atomic mass is 16.5. The molecule has 1 rings (SSSR count). The van der Waals surface area contributed by atoms with Crippen LogP contribution in [0.3, 0.4) is 0 Å². The van der Waals surface area contributed by atoms with Crippen LogP contribution < -0.4 is 15.4 Å². The third kappa shape index (κ3) is 6.40. The molecule has 24 heavy (non-hydrogen) atoms. The zero-order valence-electron chi connectivity index (χ0n) is 16.3. The van der Waals surface area contributed by atoms with Crippen LogP contribution in [0, 0.1) is 6.92 Å². The Morgan fingerprint density at radius 1 is 1.17 bits per heavy atom. The van der Waals surface area contributed by atoms with E-state index in [9.17, 15) is 0 Å². The lowest BCUT2D eigenvalue weighted by atomic mass is 10.1. The number of guanidine groups is 1. The summed E-state index contributed by atoms with van der Waals surface area (Å²) < 4.78 is 5.45. The first-order valence-electron chi connectivity index (χ1n) is 8.72. The van der Waals surface area contributed by atoms with E-state index in [1.807, 2.05) is 0 Å². The molecule has 1 aromatic carbocycles. The SMILES string of the molecule is CN=C(NCCN(C(C)C)C(C)C)NCc1ccc(C)cc1OC. The van der Waals surface area contributed by atoms with Crippen molar-refractivity contribution in [3.8, 4) is 5.75 Å². The molecular weight excluding hydrogens is 300 g/mol. The van der Waals surface area contributed by atoms with Gasteiger partial charge in [0.05, 0.1) is 7.11 Å². The Kier molecular flexibility index (Phi) is 8.61. The molecule has 0 aromatic heterocycles. The molecule has 0 unspecified atom stereocenters. The standard InChI is InChI=1S/C19H34N4O/c1-14(2)23(15(3)4)11-10-21-19(20-6)22-13-17-9-8-16(5)12-18(17)24-7/h8-9,12,14-15H,10-11,13H2,1-7H3,(H2,20,21,22). The fourth-order valence-electron chi connectivity index (χ4n) is 2.81. The Labute approximate surface area is 147 Å². The number of methoxy groups -OCH3 is 1. The summed E-state index contributed by atoms with van der Waals surface area (Å²) in [4.78, 5) is 6.76. The number of hydrogen-bond donors (Lipinski definition) is 2. The van der Waals surface area contributed by atoms with Crippen LogP contribution in [-0.2, 0) is 6.54 Å². The average molecular weight is 335 g/mol. The number of benzene rings is 1. The minimum atomic E-state index is 0.540. The Hall–Kier alpha value is -1.75. The number of ether oxygens (including phenoxy) is 1. The van der Waals surface area contributed by atoms with Crippen molar-refractivity contribution in [2.75, 3.05) is 27.2 Å². The smallest absolute Gasteiger partial charge is 0.191 e. The van der Waals surface area contributed by atoms with Gasteiger partial charge in [-0.15, -0.1) is 0 Å². The number of nitrogens with zero attached hydrogens (tertiary/aromatic N) is 2. The van der Waals surface area contributed by atoms with E-state index in [1.165, 1.54) is 5.56 Å². The lowest BCUT2D eigenvalue weighted by molar-refractivity contribution is 0.178.